The van der Waals surface area contributed by atoms with Crippen molar-refractivity contribution >= 4 is 11.6 Å². The number of halogens is 1. The molecular formula is C14H18ClNO. The lowest BCUT2D eigenvalue weighted by Crippen LogP contribution is -2.44. The number of rotatable bonds is 0. The Bertz CT molecular complexity index is 424. The summed E-state index contributed by atoms with van der Waals surface area (Å²) in [4.78, 5) is 0. The maximum absolute atomic E-state index is 11.0. The Kier molecular flexibility index (Phi) is 2.89. The Morgan fingerprint density at radius 2 is 2.18 bits per heavy atom. The lowest BCUT2D eigenvalue weighted by atomic mass is 9.66. The second-order valence-corrected chi connectivity index (χ2v) is 5.66. The fourth-order valence-corrected chi connectivity index (χ4v) is 3.62. The van der Waals surface area contributed by atoms with E-state index in [9.17, 15) is 5.11 Å². The summed E-state index contributed by atoms with van der Waals surface area (Å²) < 4.78 is 0. The molecule has 2 bridgehead atoms. The first-order chi connectivity index (χ1) is 8.20. The number of allylic oxidation sites excluding steroid dienone is 4. The Morgan fingerprint density at radius 3 is 3.06 bits per heavy atom. The van der Waals surface area contributed by atoms with E-state index in [1.54, 1.807) is 0 Å². The third-order valence-electron chi connectivity index (χ3n) is 4.32. The van der Waals surface area contributed by atoms with Gasteiger partial charge in [0.1, 0.15) is 0 Å². The highest BCUT2D eigenvalue weighted by molar-refractivity contribution is 6.31. The summed E-state index contributed by atoms with van der Waals surface area (Å²) in [6, 6.07) is 0. The average Bonchev–Trinajstić information content (AvgIpc) is 2.46. The van der Waals surface area contributed by atoms with Gasteiger partial charge in [0.2, 0.25) is 0 Å². The maximum Gasteiger partial charge on any atom is 0.0937 e. The minimum Gasteiger partial charge on any atom is -0.385 e. The van der Waals surface area contributed by atoms with E-state index in [2.05, 4.69) is 11.4 Å². The molecule has 0 amide bonds. The molecule has 0 spiro atoms. The van der Waals surface area contributed by atoms with Crippen molar-refractivity contribution in [2.75, 3.05) is 13.1 Å². The molecule has 0 aromatic carbocycles. The third-order valence-corrected chi connectivity index (χ3v) is 4.56. The first-order valence-electron chi connectivity index (χ1n) is 6.40. The van der Waals surface area contributed by atoms with E-state index in [1.807, 2.05) is 12.2 Å². The number of nitrogens with one attached hydrogen (secondary N) is 1. The molecule has 1 heterocycles. The Balaban J connectivity index is 2.11. The quantitative estimate of drug-likeness (QED) is 0.693. The first kappa shape index (κ1) is 11.5. The highest BCUT2D eigenvalue weighted by atomic mass is 35.5. The summed E-state index contributed by atoms with van der Waals surface area (Å²) in [5.74, 6) is 0.250. The van der Waals surface area contributed by atoms with Crippen molar-refractivity contribution in [3.63, 3.8) is 0 Å². The molecule has 2 fully saturated rings. The van der Waals surface area contributed by atoms with Crippen molar-refractivity contribution in [3.8, 4) is 0 Å². The third kappa shape index (κ3) is 1.88. The van der Waals surface area contributed by atoms with Crippen LogP contribution in [-0.4, -0.2) is 23.8 Å². The molecule has 0 aromatic rings. The second-order valence-electron chi connectivity index (χ2n) is 5.23. The van der Waals surface area contributed by atoms with Crippen LogP contribution in [0.25, 0.3) is 0 Å². The molecule has 1 aliphatic heterocycles. The van der Waals surface area contributed by atoms with Gasteiger partial charge in [-0.3, -0.25) is 0 Å². The average molecular weight is 252 g/mol. The molecule has 17 heavy (non-hydrogen) atoms. The monoisotopic (exact) mass is 251 g/mol. The lowest BCUT2D eigenvalue weighted by Gasteiger charge is -2.43. The van der Waals surface area contributed by atoms with Gasteiger partial charge >= 0.3 is 0 Å². The lowest BCUT2D eigenvalue weighted by molar-refractivity contribution is 0.0155. The summed E-state index contributed by atoms with van der Waals surface area (Å²) in [5.41, 5.74) is 1.86. The van der Waals surface area contributed by atoms with Crippen LogP contribution in [0.2, 0.25) is 0 Å². The van der Waals surface area contributed by atoms with Gasteiger partial charge in [-0.25, -0.2) is 0 Å². The summed E-state index contributed by atoms with van der Waals surface area (Å²) in [6.45, 7) is 1.88. The second kappa shape index (κ2) is 4.27. The topological polar surface area (TPSA) is 32.3 Å². The van der Waals surface area contributed by atoms with E-state index < -0.39 is 5.60 Å². The van der Waals surface area contributed by atoms with E-state index in [4.69, 9.17) is 11.6 Å². The molecule has 3 aliphatic rings. The normalized spacial score (nSPS) is 46.2. The van der Waals surface area contributed by atoms with E-state index in [1.165, 1.54) is 11.1 Å². The Morgan fingerprint density at radius 1 is 1.29 bits per heavy atom. The fourth-order valence-electron chi connectivity index (χ4n) is 3.42. The van der Waals surface area contributed by atoms with Gasteiger partial charge in [0.25, 0.3) is 0 Å². The van der Waals surface area contributed by atoms with Crippen LogP contribution in [0.4, 0.5) is 0 Å². The highest BCUT2D eigenvalue weighted by Crippen LogP contribution is 2.47. The molecule has 3 rings (SSSR count). The molecule has 2 nitrogen and oxygen atoms in total. The van der Waals surface area contributed by atoms with Crippen LogP contribution in [0.5, 0.6) is 0 Å². The van der Waals surface area contributed by atoms with Gasteiger partial charge in [-0.1, -0.05) is 23.3 Å². The Hall–Kier alpha value is -0.570. The van der Waals surface area contributed by atoms with E-state index in [0.29, 0.717) is 0 Å². The molecule has 92 valence electrons. The van der Waals surface area contributed by atoms with Crippen molar-refractivity contribution in [1.82, 2.24) is 5.32 Å². The number of hydrogen-bond acceptors (Lipinski definition) is 2. The van der Waals surface area contributed by atoms with Crippen molar-refractivity contribution in [3.05, 3.63) is 34.4 Å². The summed E-state index contributed by atoms with van der Waals surface area (Å²) in [6.07, 6.45) is 9.85. The van der Waals surface area contributed by atoms with Gasteiger partial charge in [0.15, 0.2) is 0 Å². The zero-order valence-electron chi connectivity index (χ0n) is 9.88. The largest absolute Gasteiger partial charge is 0.385 e. The SMILES string of the molecule is OC12CCNCCC1\C1=C/C(Cl)=C\C=C\2CC1. The number of hydrogen-bond donors (Lipinski definition) is 2. The van der Waals surface area contributed by atoms with Crippen LogP contribution >= 0.6 is 11.6 Å². The van der Waals surface area contributed by atoms with Gasteiger partial charge in [-0.2, -0.15) is 0 Å². The molecule has 1 saturated heterocycles. The van der Waals surface area contributed by atoms with Crippen LogP contribution in [0.1, 0.15) is 25.7 Å². The zero-order chi connectivity index (χ0) is 11.9. The van der Waals surface area contributed by atoms with Gasteiger partial charge in [0, 0.05) is 11.0 Å². The minimum atomic E-state index is -0.637. The molecular weight excluding hydrogens is 234 g/mol. The van der Waals surface area contributed by atoms with Gasteiger partial charge in [-0.15, -0.1) is 0 Å². The standard InChI is InChI=1S/C14H18ClNO/c15-12-4-3-11-2-1-10(9-12)13-5-7-16-8-6-14(11,13)17/h3-4,9,13,16-17H,1-2,5-8H2/b10-9-,11-3+,12-4+. The molecule has 2 aliphatic carbocycles. The van der Waals surface area contributed by atoms with Crippen LogP contribution in [0.3, 0.4) is 0 Å². The van der Waals surface area contributed by atoms with Gasteiger partial charge < -0.3 is 10.4 Å². The smallest absolute Gasteiger partial charge is 0.0937 e. The van der Waals surface area contributed by atoms with Crippen molar-refractivity contribution in [1.29, 1.82) is 0 Å². The molecule has 1 saturated carbocycles. The van der Waals surface area contributed by atoms with Crippen LogP contribution in [0.15, 0.2) is 34.4 Å². The van der Waals surface area contributed by atoms with Crippen LogP contribution in [0, 0.1) is 5.92 Å². The van der Waals surface area contributed by atoms with Crippen molar-refractivity contribution in [2.45, 2.75) is 31.3 Å². The highest BCUT2D eigenvalue weighted by Gasteiger charge is 2.45. The fraction of sp³-hybridized carbons (Fsp3) is 0.571. The predicted molar refractivity (Wildman–Crippen MR) is 69.9 cm³/mol. The maximum atomic E-state index is 11.0. The summed E-state index contributed by atoms with van der Waals surface area (Å²) in [7, 11) is 0. The molecule has 2 unspecified atom stereocenters. The van der Waals surface area contributed by atoms with Gasteiger partial charge in [0.05, 0.1) is 5.60 Å². The minimum absolute atomic E-state index is 0.250. The molecule has 2 atom stereocenters. The van der Waals surface area contributed by atoms with Gasteiger partial charge in [-0.05, 0) is 56.5 Å². The van der Waals surface area contributed by atoms with E-state index in [0.717, 1.165) is 43.8 Å². The van der Waals surface area contributed by atoms with E-state index in [-0.39, 0.29) is 5.92 Å². The molecule has 0 aromatic heterocycles. The summed E-state index contributed by atoms with van der Waals surface area (Å²) >= 11 is 6.15. The van der Waals surface area contributed by atoms with Crippen molar-refractivity contribution in [2.24, 2.45) is 5.92 Å². The van der Waals surface area contributed by atoms with Crippen molar-refractivity contribution < 1.29 is 5.11 Å². The predicted octanol–water partition coefficient (Wildman–Crippen LogP) is 2.50. The molecule has 0 radical (unpaired) electrons. The van der Waals surface area contributed by atoms with E-state index >= 15 is 0 Å². The Labute approximate surface area is 107 Å². The number of aliphatic hydroxyl groups is 1. The summed E-state index contributed by atoms with van der Waals surface area (Å²) in [5, 5.41) is 15.2. The zero-order valence-corrected chi connectivity index (χ0v) is 10.6. The van der Waals surface area contributed by atoms with Crippen LogP contribution in [-0.2, 0) is 0 Å². The molecule has 2 N–H and O–H groups in total. The van der Waals surface area contributed by atoms with Crippen LogP contribution < -0.4 is 5.32 Å². The first-order valence-corrected chi connectivity index (χ1v) is 6.78. The molecule has 3 heteroatoms.